The molecule has 0 aromatic rings. The van der Waals surface area contributed by atoms with E-state index in [0.29, 0.717) is 5.92 Å². The van der Waals surface area contributed by atoms with E-state index in [2.05, 4.69) is 51.2 Å². The van der Waals surface area contributed by atoms with Gasteiger partial charge in [-0.2, -0.15) is 0 Å². The molecular formula is C19H25NSi. The average molecular weight is 296 g/mol. The first kappa shape index (κ1) is 14.6. The Morgan fingerprint density at radius 2 is 2.14 bits per heavy atom. The molecule has 0 aromatic carbocycles. The minimum absolute atomic E-state index is 0.388. The van der Waals surface area contributed by atoms with Crippen molar-refractivity contribution in [1.82, 2.24) is 0 Å². The molecule has 3 aliphatic rings. The molecule has 0 saturated heterocycles. The molecule has 3 rings (SSSR count). The zero-order chi connectivity index (χ0) is 15.0. The molecule has 0 fully saturated rings. The van der Waals surface area contributed by atoms with E-state index in [1.165, 1.54) is 47.4 Å². The Morgan fingerprint density at radius 1 is 1.33 bits per heavy atom. The molecule has 0 amide bonds. The third-order valence-corrected chi connectivity index (χ3v) is 6.33. The summed E-state index contributed by atoms with van der Waals surface area (Å²) in [5.74, 6) is 0.455. The summed E-state index contributed by atoms with van der Waals surface area (Å²) in [6.45, 7) is 9.25. The van der Waals surface area contributed by atoms with Gasteiger partial charge in [0.15, 0.2) is 0 Å². The van der Waals surface area contributed by atoms with Gasteiger partial charge in [-0.25, -0.2) is 0 Å². The Hall–Kier alpha value is -1.28. The summed E-state index contributed by atoms with van der Waals surface area (Å²) in [4.78, 5) is 4.83. The molecule has 1 aliphatic heterocycles. The van der Waals surface area contributed by atoms with Gasteiger partial charge < -0.3 is 0 Å². The molecule has 0 saturated carbocycles. The summed E-state index contributed by atoms with van der Waals surface area (Å²) in [6.07, 6.45) is 14.4. The molecule has 1 nitrogen and oxygen atoms in total. The van der Waals surface area contributed by atoms with Crippen LogP contribution in [0, 0.1) is 5.92 Å². The summed E-state index contributed by atoms with van der Waals surface area (Å²) in [7, 11) is -0.388. The van der Waals surface area contributed by atoms with E-state index in [-0.39, 0.29) is 8.41 Å². The molecule has 0 bridgehead atoms. The van der Waals surface area contributed by atoms with Crippen LogP contribution in [-0.4, -0.2) is 19.3 Å². The van der Waals surface area contributed by atoms with Gasteiger partial charge in [-0.05, 0) is 31.8 Å². The summed E-state index contributed by atoms with van der Waals surface area (Å²) in [6, 6.07) is 0. The Labute approximate surface area is 130 Å². The van der Waals surface area contributed by atoms with Gasteiger partial charge in [0.1, 0.15) is 0 Å². The van der Waals surface area contributed by atoms with Crippen LogP contribution in [0.15, 0.2) is 51.7 Å². The van der Waals surface area contributed by atoms with E-state index in [1.807, 2.05) is 0 Å². The van der Waals surface area contributed by atoms with Crippen LogP contribution in [0.2, 0.25) is 13.1 Å². The smallest absolute Gasteiger partial charge is 0.0671 e. The van der Waals surface area contributed by atoms with Gasteiger partial charge in [-0.3, -0.25) is 4.99 Å². The van der Waals surface area contributed by atoms with Crippen molar-refractivity contribution in [3.63, 3.8) is 0 Å². The molecule has 1 atom stereocenters. The second-order valence-electron chi connectivity index (χ2n) is 6.49. The summed E-state index contributed by atoms with van der Waals surface area (Å²) < 4.78 is 0. The van der Waals surface area contributed by atoms with Crippen molar-refractivity contribution in [2.75, 3.05) is 0 Å². The van der Waals surface area contributed by atoms with Gasteiger partial charge in [0.05, 0.1) is 5.70 Å². The van der Waals surface area contributed by atoms with Crippen molar-refractivity contribution < 1.29 is 0 Å². The van der Waals surface area contributed by atoms with Gasteiger partial charge in [-0.15, -0.1) is 0 Å². The second-order valence-corrected chi connectivity index (χ2v) is 9.09. The maximum atomic E-state index is 4.83. The first-order valence-electron chi connectivity index (χ1n) is 8.17. The fourth-order valence-electron chi connectivity index (χ4n) is 3.54. The minimum atomic E-state index is -0.388. The topological polar surface area (TPSA) is 12.4 Å². The van der Waals surface area contributed by atoms with Crippen LogP contribution in [-0.2, 0) is 0 Å². The average Bonchev–Trinajstić information content (AvgIpc) is 3.10. The number of rotatable bonds is 4. The number of unbranched alkanes of at least 4 members (excludes halogenated alkanes) is 1. The number of hydrogen-bond acceptors (Lipinski definition) is 1. The van der Waals surface area contributed by atoms with Crippen LogP contribution in [0.4, 0.5) is 0 Å². The lowest BCUT2D eigenvalue weighted by Crippen LogP contribution is -2.13. The quantitative estimate of drug-likeness (QED) is 0.657. The predicted molar refractivity (Wildman–Crippen MR) is 95.6 cm³/mol. The zero-order valence-corrected chi connectivity index (χ0v) is 14.7. The van der Waals surface area contributed by atoms with Gasteiger partial charge >= 0.3 is 0 Å². The largest absolute Gasteiger partial charge is 0.253 e. The summed E-state index contributed by atoms with van der Waals surface area (Å²) >= 11 is 0. The first-order chi connectivity index (χ1) is 10.1. The van der Waals surface area contributed by atoms with E-state index in [0.717, 1.165) is 6.42 Å². The van der Waals surface area contributed by atoms with Gasteiger partial charge in [-0.1, -0.05) is 61.5 Å². The highest BCUT2D eigenvalue weighted by atomic mass is 28.2. The van der Waals surface area contributed by atoms with Crippen LogP contribution in [0.5, 0.6) is 0 Å². The number of nitrogens with zero attached hydrogens (tertiary/aromatic N) is 1. The predicted octanol–water partition coefficient (Wildman–Crippen LogP) is 4.86. The van der Waals surface area contributed by atoms with Crippen molar-refractivity contribution in [3.05, 3.63) is 46.7 Å². The Kier molecular flexibility index (Phi) is 4.07. The van der Waals surface area contributed by atoms with Gasteiger partial charge in [0.2, 0.25) is 0 Å². The van der Waals surface area contributed by atoms with Crippen molar-refractivity contribution in [2.24, 2.45) is 10.9 Å². The number of allylic oxidation sites excluding steroid dienone is 7. The van der Waals surface area contributed by atoms with Gasteiger partial charge in [0, 0.05) is 25.6 Å². The van der Waals surface area contributed by atoms with Crippen molar-refractivity contribution in [3.8, 4) is 0 Å². The highest BCUT2D eigenvalue weighted by Gasteiger charge is 2.31. The molecule has 1 unspecified atom stereocenters. The van der Waals surface area contributed by atoms with Crippen LogP contribution in [0.1, 0.15) is 39.5 Å². The molecule has 0 spiro atoms. The molecule has 0 radical (unpaired) electrons. The monoisotopic (exact) mass is 295 g/mol. The van der Waals surface area contributed by atoms with Crippen LogP contribution in [0.25, 0.3) is 0 Å². The Balaban J connectivity index is 1.96. The molecular weight excluding hydrogens is 270 g/mol. The van der Waals surface area contributed by atoms with E-state index in [1.54, 1.807) is 5.17 Å². The zero-order valence-electron chi connectivity index (χ0n) is 13.7. The molecule has 110 valence electrons. The molecule has 0 N–H and O–H groups in total. The number of hydrogen-bond donors (Lipinski definition) is 0. The van der Waals surface area contributed by atoms with Crippen LogP contribution >= 0.6 is 0 Å². The second kappa shape index (κ2) is 5.84. The SMILES string of the molecule is CCCCC1=CC(C2=C3C(=CCC3=[Si](C)C)N=C2C)C=C1. The Bertz CT molecular complexity index is 649. The first-order valence-corrected chi connectivity index (χ1v) is 10.7. The van der Waals surface area contributed by atoms with E-state index in [4.69, 9.17) is 4.99 Å². The fourth-order valence-corrected chi connectivity index (χ4v) is 4.81. The molecule has 1 heterocycles. The van der Waals surface area contributed by atoms with E-state index < -0.39 is 0 Å². The number of aliphatic imine (C=N–C) groups is 1. The van der Waals surface area contributed by atoms with Crippen LogP contribution < -0.4 is 0 Å². The minimum Gasteiger partial charge on any atom is -0.253 e. The lowest BCUT2D eigenvalue weighted by molar-refractivity contribution is 0.797. The standard InChI is InChI=1S/C19H25NSi/c1-5-6-7-14-8-9-15(12-14)18-13(2)20-16-10-11-17(19(16)18)21(3)4/h8-10,12,15H,5-7,11H2,1-4H3. The number of fused-ring (bicyclic) bond motifs is 1. The molecule has 2 aliphatic carbocycles. The highest BCUT2D eigenvalue weighted by molar-refractivity contribution is 6.73. The van der Waals surface area contributed by atoms with Crippen molar-refractivity contribution in [2.45, 2.75) is 52.6 Å². The summed E-state index contributed by atoms with van der Waals surface area (Å²) in [5.41, 5.74) is 7.00. The van der Waals surface area contributed by atoms with Gasteiger partial charge in [0.25, 0.3) is 0 Å². The van der Waals surface area contributed by atoms with Crippen molar-refractivity contribution in [1.29, 1.82) is 0 Å². The lowest BCUT2D eigenvalue weighted by atomic mass is 9.92. The third kappa shape index (κ3) is 2.62. The van der Waals surface area contributed by atoms with E-state index in [9.17, 15) is 0 Å². The van der Waals surface area contributed by atoms with Crippen LogP contribution in [0.3, 0.4) is 0 Å². The van der Waals surface area contributed by atoms with E-state index >= 15 is 0 Å². The summed E-state index contributed by atoms with van der Waals surface area (Å²) in [5, 5.41) is 1.68. The normalized spacial score (nSPS) is 23.5. The molecule has 21 heavy (non-hydrogen) atoms. The van der Waals surface area contributed by atoms with Crippen molar-refractivity contribution >= 4 is 19.3 Å². The highest BCUT2D eigenvalue weighted by Crippen LogP contribution is 2.39. The molecule has 2 heteroatoms. The maximum Gasteiger partial charge on any atom is 0.0671 e. The molecule has 0 aromatic heterocycles. The fraction of sp³-hybridized carbons (Fsp3) is 0.474. The third-order valence-electron chi connectivity index (χ3n) is 4.67. The maximum absolute atomic E-state index is 4.83. The Morgan fingerprint density at radius 3 is 2.86 bits per heavy atom. The lowest BCUT2D eigenvalue weighted by Gasteiger charge is -2.13.